The lowest BCUT2D eigenvalue weighted by atomic mass is 10.1. The number of anilines is 3. The second kappa shape index (κ2) is 14.2. The smallest absolute Gasteiger partial charge is 0.246 e. The Morgan fingerprint density at radius 2 is 1.80 bits per heavy atom. The number of nitrogens with zero attached hydrogens (tertiary/aromatic N) is 4. The lowest BCUT2D eigenvalue weighted by Crippen LogP contribution is -2.37. The molecule has 228 valence electrons. The van der Waals surface area contributed by atoms with Gasteiger partial charge in [-0.3, -0.25) is 14.4 Å². The zero-order chi connectivity index (χ0) is 32.0. The maximum absolute atomic E-state index is 12.9. The molecule has 3 amide bonds. The number of nitrogens with one attached hydrogen (secondary N) is 2. The summed E-state index contributed by atoms with van der Waals surface area (Å²) in [6, 6.07) is 14.3. The van der Waals surface area contributed by atoms with Crippen LogP contribution in [0, 0.1) is 6.92 Å². The van der Waals surface area contributed by atoms with E-state index in [4.69, 9.17) is 32.9 Å². The maximum Gasteiger partial charge on any atom is 0.246 e. The van der Waals surface area contributed by atoms with Gasteiger partial charge in [0.1, 0.15) is 23.7 Å². The van der Waals surface area contributed by atoms with Crippen molar-refractivity contribution in [3.63, 3.8) is 0 Å². The van der Waals surface area contributed by atoms with Crippen LogP contribution in [0.5, 0.6) is 5.75 Å². The van der Waals surface area contributed by atoms with Gasteiger partial charge in [0.25, 0.3) is 0 Å². The number of halogens is 2. The quantitative estimate of drug-likeness (QED) is 0.217. The number of ether oxygens (including phenoxy) is 1. The third-order valence-corrected chi connectivity index (χ3v) is 7.37. The first-order valence-corrected chi connectivity index (χ1v) is 14.3. The molecule has 0 bridgehead atoms. The average molecular weight is 636 g/mol. The molecule has 2 heterocycles. The fraction of sp³-hybridized carbons (Fsp3) is 0.219. The number of fused-ring (bicyclic) bond motifs is 1. The van der Waals surface area contributed by atoms with Gasteiger partial charge >= 0.3 is 0 Å². The van der Waals surface area contributed by atoms with Crippen LogP contribution in [0.15, 0.2) is 60.8 Å². The molecule has 0 unspecified atom stereocenters. The van der Waals surface area contributed by atoms with Crippen molar-refractivity contribution < 1.29 is 19.1 Å². The van der Waals surface area contributed by atoms with E-state index in [0.717, 1.165) is 22.3 Å². The maximum atomic E-state index is 12.9. The molecule has 44 heavy (non-hydrogen) atoms. The monoisotopic (exact) mass is 634 g/mol. The van der Waals surface area contributed by atoms with Crippen molar-refractivity contribution in [3.05, 3.63) is 87.7 Å². The van der Waals surface area contributed by atoms with Gasteiger partial charge in [0.05, 0.1) is 17.3 Å². The number of carbonyl (C=O) groups excluding carboxylic acids is 3. The summed E-state index contributed by atoms with van der Waals surface area (Å²) in [6.45, 7) is 3.10. The Labute approximate surface area is 265 Å². The average Bonchev–Trinajstić information content (AvgIpc) is 2.98. The number of amides is 3. The number of aryl methyl sites for hydroxylation is 1. The van der Waals surface area contributed by atoms with Crippen molar-refractivity contribution in [2.24, 2.45) is 0 Å². The molecule has 0 spiro atoms. The minimum atomic E-state index is -0.467. The first-order chi connectivity index (χ1) is 20.9. The molecule has 0 aliphatic carbocycles. The number of carbonyl (C=O) groups is 3. The van der Waals surface area contributed by atoms with E-state index in [9.17, 15) is 14.4 Å². The number of hydrogen-bond donors (Lipinski definition) is 2. The number of likely N-dealkylation sites (N-methyl/N-ethyl adjacent to an activating group) is 1. The number of para-hydroxylation sites is 1. The van der Waals surface area contributed by atoms with Crippen molar-refractivity contribution in [3.8, 4) is 5.75 Å². The van der Waals surface area contributed by atoms with Crippen LogP contribution in [-0.4, -0.2) is 55.4 Å². The zero-order valence-electron chi connectivity index (χ0n) is 24.9. The first-order valence-electron chi connectivity index (χ1n) is 13.6. The minimum absolute atomic E-state index is 0.0434. The number of benzene rings is 2. The number of rotatable bonds is 10. The lowest BCUT2D eigenvalue weighted by Gasteiger charge is -2.21. The van der Waals surface area contributed by atoms with Gasteiger partial charge < -0.3 is 25.2 Å². The predicted molar refractivity (Wildman–Crippen MR) is 176 cm³/mol. The highest BCUT2D eigenvalue weighted by molar-refractivity contribution is 6.38. The van der Waals surface area contributed by atoms with Crippen molar-refractivity contribution in [1.29, 1.82) is 0 Å². The van der Waals surface area contributed by atoms with Gasteiger partial charge in [-0.15, -0.1) is 0 Å². The third-order valence-electron chi connectivity index (χ3n) is 6.60. The summed E-state index contributed by atoms with van der Waals surface area (Å²) >= 11 is 13.2. The van der Waals surface area contributed by atoms with Crippen LogP contribution in [0.2, 0.25) is 10.0 Å². The molecule has 2 aromatic heterocycles. The minimum Gasteiger partial charge on any atom is -0.487 e. The molecule has 10 nitrogen and oxygen atoms in total. The summed E-state index contributed by atoms with van der Waals surface area (Å²) in [4.78, 5) is 48.6. The predicted octanol–water partition coefficient (Wildman–Crippen LogP) is 5.64. The number of aromatic nitrogens is 2. The Balaban J connectivity index is 1.42. The first kappa shape index (κ1) is 32.2. The summed E-state index contributed by atoms with van der Waals surface area (Å²) in [5, 5.41) is 6.73. The number of hydrogen-bond acceptors (Lipinski definition) is 7. The highest BCUT2D eigenvalue weighted by Gasteiger charge is 2.20. The Morgan fingerprint density at radius 1 is 1.02 bits per heavy atom. The van der Waals surface area contributed by atoms with Crippen LogP contribution >= 0.6 is 23.2 Å². The molecule has 0 saturated heterocycles. The van der Waals surface area contributed by atoms with E-state index >= 15 is 0 Å². The fourth-order valence-corrected chi connectivity index (χ4v) is 4.95. The molecular formula is C32H32Cl2N6O4. The van der Waals surface area contributed by atoms with Gasteiger partial charge in [0.2, 0.25) is 17.7 Å². The van der Waals surface area contributed by atoms with Crippen molar-refractivity contribution in [2.45, 2.75) is 20.5 Å². The standard InChI is InChI=1S/C32H32Cl2N6O4/c1-19-15-26(39(3)4)22-7-6-8-27(32(22)37-19)44-18-23-24(33)11-12-25(31(23)34)40(5)30(43)17-36-29(42)14-10-21-9-13-28(35-16-21)38-20(2)41/h6-16H,17-18H2,1-5H3,(H,36,42)(H,35,38,41)/b14-10+. The van der Waals surface area contributed by atoms with Gasteiger partial charge in [-0.25, -0.2) is 9.97 Å². The van der Waals surface area contributed by atoms with E-state index in [1.807, 2.05) is 50.2 Å². The second-order valence-corrected chi connectivity index (χ2v) is 10.9. The summed E-state index contributed by atoms with van der Waals surface area (Å²) in [7, 11) is 5.51. The van der Waals surface area contributed by atoms with Crippen molar-refractivity contribution in [1.82, 2.24) is 15.3 Å². The summed E-state index contributed by atoms with van der Waals surface area (Å²) < 4.78 is 6.18. The van der Waals surface area contributed by atoms with E-state index in [1.54, 1.807) is 37.4 Å². The Morgan fingerprint density at radius 3 is 2.48 bits per heavy atom. The molecule has 2 N–H and O–H groups in total. The zero-order valence-corrected chi connectivity index (χ0v) is 26.5. The Kier molecular flexibility index (Phi) is 10.4. The van der Waals surface area contributed by atoms with Gasteiger partial charge in [-0.2, -0.15) is 0 Å². The number of pyridine rings is 2. The highest BCUT2D eigenvalue weighted by atomic mass is 35.5. The van der Waals surface area contributed by atoms with E-state index in [-0.39, 0.29) is 24.1 Å². The van der Waals surface area contributed by atoms with Crippen LogP contribution in [0.4, 0.5) is 17.2 Å². The van der Waals surface area contributed by atoms with Gasteiger partial charge in [-0.05, 0) is 55.0 Å². The molecule has 0 saturated carbocycles. The van der Waals surface area contributed by atoms with Gasteiger partial charge in [0, 0.05) is 67.7 Å². The largest absolute Gasteiger partial charge is 0.487 e. The highest BCUT2D eigenvalue weighted by Crippen LogP contribution is 2.36. The Hall–Kier alpha value is -4.67. The third kappa shape index (κ3) is 7.83. The molecule has 0 aliphatic heterocycles. The van der Waals surface area contributed by atoms with E-state index < -0.39 is 11.8 Å². The summed E-state index contributed by atoms with van der Waals surface area (Å²) in [5.41, 5.74) is 4.16. The molecule has 4 aromatic rings. The molecule has 12 heteroatoms. The Bertz CT molecular complexity index is 1740. The SMILES string of the molecule is CC(=O)Nc1ccc(/C=C/C(=O)NCC(=O)N(C)c2ccc(Cl)c(COc3cccc4c(N(C)C)cc(C)nc34)c2Cl)cn1. The second-order valence-electron chi connectivity index (χ2n) is 10.1. The van der Waals surface area contributed by atoms with Crippen LogP contribution in [0.3, 0.4) is 0 Å². The van der Waals surface area contributed by atoms with Gasteiger partial charge in [0.15, 0.2) is 0 Å². The van der Waals surface area contributed by atoms with E-state index in [2.05, 4.69) is 15.6 Å². The fourth-order valence-electron chi connectivity index (χ4n) is 4.35. The van der Waals surface area contributed by atoms with E-state index in [1.165, 1.54) is 24.1 Å². The topological polar surface area (TPSA) is 117 Å². The molecule has 0 fully saturated rings. The van der Waals surface area contributed by atoms with Crippen LogP contribution < -0.4 is 25.2 Å². The van der Waals surface area contributed by atoms with E-state index in [0.29, 0.717) is 33.4 Å². The molecule has 2 aromatic carbocycles. The van der Waals surface area contributed by atoms with Crippen molar-refractivity contribution in [2.75, 3.05) is 42.8 Å². The van der Waals surface area contributed by atoms with Crippen molar-refractivity contribution >= 4 is 75.1 Å². The van der Waals surface area contributed by atoms with Gasteiger partial charge in [-0.1, -0.05) is 35.3 Å². The van der Waals surface area contributed by atoms with Crippen LogP contribution in [-0.2, 0) is 21.0 Å². The normalized spacial score (nSPS) is 11.0. The summed E-state index contributed by atoms with van der Waals surface area (Å²) in [5.74, 6) is -0.111. The van der Waals surface area contributed by atoms with Crippen LogP contribution in [0.1, 0.15) is 23.7 Å². The molecule has 4 rings (SSSR count). The molecule has 0 radical (unpaired) electrons. The summed E-state index contributed by atoms with van der Waals surface area (Å²) in [6.07, 6.45) is 4.35. The molecular weight excluding hydrogens is 603 g/mol. The lowest BCUT2D eigenvalue weighted by molar-refractivity contribution is -0.122. The molecule has 0 aliphatic rings. The van der Waals surface area contributed by atoms with Crippen LogP contribution in [0.25, 0.3) is 17.0 Å². The molecule has 0 atom stereocenters.